The molecule has 140 valence electrons. The van der Waals surface area contributed by atoms with E-state index in [0.717, 1.165) is 27.8 Å². The third-order valence-corrected chi connectivity index (χ3v) is 4.66. The molecule has 1 aromatic heterocycles. The van der Waals surface area contributed by atoms with Gasteiger partial charge < -0.3 is 9.30 Å². The molecule has 0 radical (unpaired) electrons. The second-order valence-corrected chi connectivity index (χ2v) is 6.58. The van der Waals surface area contributed by atoms with Gasteiger partial charge in [0, 0.05) is 24.4 Å². The number of nitrogens with one attached hydrogen (secondary N) is 1. The molecule has 0 aliphatic rings. The fourth-order valence-corrected chi connectivity index (χ4v) is 3.16. The average Bonchev–Trinajstić information content (AvgIpc) is 3.15. The highest BCUT2D eigenvalue weighted by atomic mass is 16.5. The van der Waals surface area contributed by atoms with E-state index in [1.165, 1.54) is 0 Å². The van der Waals surface area contributed by atoms with Crippen LogP contribution >= 0.6 is 0 Å². The molecule has 0 spiro atoms. The standard InChI is InChI=1S/C23H20N2O3/c26-23(24-27)20-8-6-17(7-9-20)15-25-13-12-19-10-11-21(14-22(19)25)28-16-18-4-2-1-3-5-18/h1-14,27H,15-16H2,(H,24,26). The van der Waals surface area contributed by atoms with Crippen molar-refractivity contribution in [3.8, 4) is 5.75 Å². The molecule has 0 bridgehead atoms. The maximum atomic E-state index is 11.4. The number of hydroxylamine groups is 1. The van der Waals surface area contributed by atoms with E-state index < -0.39 is 5.91 Å². The zero-order valence-corrected chi connectivity index (χ0v) is 15.2. The van der Waals surface area contributed by atoms with Gasteiger partial charge in [0.05, 0.1) is 5.52 Å². The highest BCUT2D eigenvalue weighted by molar-refractivity contribution is 5.93. The lowest BCUT2D eigenvalue weighted by Crippen LogP contribution is -2.18. The molecule has 5 nitrogen and oxygen atoms in total. The lowest BCUT2D eigenvalue weighted by Gasteiger charge is -2.09. The molecule has 2 N–H and O–H groups in total. The summed E-state index contributed by atoms with van der Waals surface area (Å²) in [5, 5.41) is 9.85. The Balaban J connectivity index is 1.52. The van der Waals surface area contributed by atoms with Crippen molar-refractivity contribution in [2.24, 2.45) is 0 Å². The third kappa shape index (κ3) is 3.89. The summed E-state index contributed by atoms with van der Waals surface area (Å²) in [7, 11) is 0. The van der Waals surface area contributed by atoms with Crippen molar-refractivity contribution in [1.29, 1.82) is 0 Å². The summed E-state index contributed by atoms with van der Waals surface area (Å²) in [6.45, 7) is 1.20. The number of hydrogen-bond acceptors (Lipinski definition) is 3. The monoisotopic (exact) mass is 372 g/mol. The molecule has 0 atom stereocenters. The molecule has 5 heteroatoms. The van der Waals surface area contributed by atoms with Crippen LogP contribution in [0.2, 0.25) is 0 Å². The van der Waals surface area contributed by atoms with E-state index in [9.17, 15) is 4.79 Å². The molecule has 1 heterocycles. The first-order valence-corrected chi connectivity index (χ1v) is 9.02. The van der Waals surface area contributed by atoms with E-state index in [1.807, 2.05) is 60.8 Å². The van der Waals surface area contributed by atoms with Crippen LogP contribution in [0.1, 0.15) is 21.5 Å². The molecule has 4 aromatic rings. The molecule has 0 unspecified atom stereocenters. The zero-order valence-electron chi connectivity index (χ0n) is 15.2. The predicted octanol–water partition coefficient (Wildman–Crippen LogP) is 4.39. The fourth-order valence-electron chi connectivity index (χ4n) is 3.16. The number of hydrogen-bond donors (Lipinski definition) is 2. The van der Waals surface area contributed by atoms with Crippen molar-refractivity contribution in [3.63, 3.8) is 0 Å². The molecule has 0 fully saturated rings. The van der Waals surface area contributed by atoms with Crippen LogP contribution in [0.15, 0.2) is 85.1 Å². The normalized spacial score (nSPS) is 10.8. The van der Waals surface area contributed by atoms with Gasteiger partial charge in [-0.2, -0.15) is 0 Å². The number of ether oxygens (including phenoxy) is 1. The third-order valence-electron chi connectivity index (χ3n) is 4.66. The molecule has 28 heavy (non-hydrogen) atoms. The Morgan fingerprint density at radius 2 is 1.71 bits per heavy atom. The molecule has 0 aliphatic carbocycles. The van der Waals surface area contributed by atoms with E-state index in [4.69, 9.17) is 9.94 Å². The maximum Gasteiger partial charge on any atom is 0.274 e. The van der Waals surface area contributed by atoms with Crippen molar-refractivity contribution >= 4 is 16.8 Å². The summed E-state index contributed by atoms with van der Waals surface area (Å²) < 4.78 is 8.09. The number of fused-ring (bicyclic) bond motifs is 1. The van der Waals surface area contributed by atoms with Gasteiger partial charge in [-0.05, 0) is 46.8 Å². The summed E-state index contributed by atoms with van der Waals surface area (Å²) in [5.74, 6) is 0.310. The first-order valence-electron chi connectivity index (χ1n) is 9.02. The number of carbonyl (C=O) groups is 1. The first-order chi connectivity index (χ1) is 13.7. The van der Waals surface area contributed by atoms with Crippen molar-refractivity contribution < 1.29 is 14.7 Å². The van der Waals surface area contributed by atoms with Gasteiger partial charge in [0.2, 0.25) is 0 Å². The minimum Gasteiger partial charge on any atom is -0.489 e. The Kier molecular flexibility index (Phi) is 5.08. The van der Waals surface area contributed by atoms with Gasteiger partial charge in [-0.15, -0.1) is 0 Å². The van der Waals surface area contributed by atoms with Crippen LogP contribution in [-0.2, 0) is 13.2 Å². The largest absolute Gasteiger partial charge is 0.489 e. The van der Waals surface area contributed by atoms with E-state index >= 15 is 0 Å². The molecule has 0 aliphatic heterocycles. The van der Waals surface area contributed by atoms with Crippen LogP contribution < -0.4 is 10.2 Å². The van der Waals surface area contributed by atoms with Crippen LogP contribution in [0.25, 0.3) is 10.9 Å². The Morgan fingerprint density at radius 3 is 2.46 bits per heavy atom. The van der Waals surface area contributed by atoms with Gasteiger partial charge in [0.25, 0.3) is 5.91 Å². The SMILES string of the molecule is O=C(NO)c1ccc(Cn2ccc3ccc(OCc4ccccc4)cc32)cc1. The highest BCUT2D eigenvalue weighted by Crippen LogP contribution is 2.24. The first kappa shape index (κ1) is 17.8. The second kappa shape index (κ2) is 7.98. The predicted molar refractivity (Wildman–Crippen MR) is 108 cm³/mol. The van der Waals surface area contributed by atoms with E-state index in [-0.39, 0.29) is 0 Å². The van der Waals surface area contributed by atoms with Gasteiger partial charge in [-0.3, -0.25) is 10.0 Å². The van der Waals surface area contributed by atoms with Crippen LogP contribution in [-0.4, -0.2) is 15.7 Å². The van der Waals surface area contributed by atoms with Crippen LogP contribution in [0.3, 0.4) is 0 Å². The topological polar surface area (TPSA) is 63.5 Å². The van der Waals surface area contributed by atoms with Crippen molar-refractivity contribution in [3.05, 3.63) is 102 Å². The van der Waals surface area contributed by atoms with Crippen molar-refractivity contribution in [1.82, 2.24) is 10.0 Å². The van der Waals surface area contributed by atoms with E-state index in [1.54, 1.807) is 17.6 Å². The van der Waals surface area contributed by atoms with Gasteiger partial charge in [0.15, 0.2) is 0 Å². The van der Waals surface area contributed by atoms with Crippen LogP contribution in [0.4, 0.5) is 0 Å². The summed E-state index contributed by atoms with van der Waals surface area (Å²) in [6, 6.07) is 25.4. The Morgan fingerprint density at radius 1 is 0.929 bits per heavy atom. The lowest BCUT2D eigenvalue weighted by atomic mass is 10.1. The number of amides is 1. The smallest absolute Gasteiger partial charge is 0.274 e. The van der Waals surface area contributed by atoms with Gasteiger partial charge in [-0.25, -0.2) is 5.48 Å². The van der Waals surface area contributed by atoms with Gasteiger partial charge >= 0.3 is 0 Å². The molecule has 3 aromatic carbocycles. The zero-order chi connectivity index (χ0) is 19.3. The molecule has 0 saturated heterocycles. The van der Waals surface area contributed by atoms with Crippen LogP contribution in [0, 0.1) is 0 Å². The molecular weight excluding hydrogens is 352 g/mol. The quantitative estimate of drug-likeness (QED) is 0.390. The Labute approximate surface area is 162 Å². The molecule has 0 saturated carbocycles. The fraction of sp³-hybridized carbons (Fsp3) is 0.0870. The summed E-state index contributed by atoms with van der Waals surface area (Å²) in [6.07, 6.45) is 2.04. The summed E-state index contributed by atoms with van der Waals surface area (Å²) in [5.41, 5.74) is 5.33. The van der Waals surface area contributed by atoms with Crippen molar-refractivity contribution in [2.45, 2.75) is 13.2 Å². The number of carbonyl (C=O) groups excluding carboxylic acids is 1. The van der Waals surface area contributed by atoms with Gasteiger partial charge in [0.1, 0.15) is 12.4 Å². The van der Waals surface area contributed by atoms with Crippen molar-refractivity contribution in [2.75, 3.05) is 0 Å². The maximum absolute atomic E-state index is 11.4. The molecule has 1 amide bonds. The Bertz CT molecular complexity index is 1090. The van der Waals surface area contributed by atoms with Crippen LogP contribution in [0.5, 0.6) is 5.75 Å². The number of aromatic nitrogens is 1. The Hall–Kier alpha value is -3.57. The average molecular weight is 372 g/mol. The minimum absolute atomic E-state index is 0.417. The summed E-state index contributed by atoms with van der Waals surface area (Å²) >= 11 is 0. The minimum atomic E-state index is -0.516. The number of rotatable bonds is 6. The molecule has 4 rings (SSSR count). The van der Waals surface area contributed by atoms with E-state index in [0.29, 0.717) is 18.7 Å². The second-order valence-electron chi connectivity index (χ2n) is 6.58. The number of nitrogens with zero attached hydrogens (tertiary/aromatic N) is 1. The highest BCUT2D eigenvalue weighted by Gasteiger charge is 2.07. The van der Waals surface area contributed by atoms with Gasteiger partial charge in [-0.1, -0.05) is 42.5 Å². The number of benzene rings is 3. The lowest BCUT2D eigenvalue weighted by molar-refractivity contribution is 0.0706. The summed E-state index contributed by atoms with van der Waals surface area (Å²) in [4.78, 5) is 11.4. The van der Waals surface area contributed by atoms with E-state index in [2.05, 4.69) is 16.7 Å². The molecular formula is C23H20N2O3.